The molecular weight excluding hydrogens is 326 g/mol. The highest BCUT2D eigenvalue weighted by atomic mass is 16.5. The first kappa shape index (κ1) is 18.3. The van der Waals surface area contributed by atoms with Gasteiger partial charge in [-0.1, -0.05) is 32.1 Å². The molecule has 0 spiro atoms. The lowest BCUT2D eigenvalue weighted by Crippen LogP contribution is -2.60. The summed E-state index contributed by atoms with van der Waals surface area (Å²) in [7, 11) is 1.46. The van der Waals surface area contributed by atoms with Crippen LogP contribution < -0.4 is 5.32 Å². The van der Waals surface area contributed by atoms with Crippen molar-refractivity contribution in [1.29, 1.82) is 0 Å². The monoisotopic (exact) mass is 361 g/mol. The molecule has 0 aromatic rings. The van der Waals surface area contributed by atoms with E-state index in [1.165, 1.54) is 58.5 Å². The topological polar surface area (TPSA) is 55.4 Å². The van der Waals surface area contributed by atoms with Crippen LogP contribution in [0.1, 0.15) is 83.5 Å². The number of amides is 1. The Labute approximate surface area is 157 Å². The van der Waals surface area contributed by atoms with E-state index < -0.39 is 6.04 Å². The molecule has 0 radical (unpaired) electrons. The van der Waals surface area contributed by atoms with Crippen LogP contribution >= 0.6 is 0 Å². The van der Waals surface area contributed by atoms with Gasteiger partial charge < -0.3 is 10.1 Å². The minimum absolute atomic E-state index is 0.0393. The first-order valence-corrected chi connectivity index (χ1v) is 10.9. The van der Waals surface area contributed by atoms with Crippen molar-refractivity contribution in [3.63, 3.8) is 0 Å². The van der Waals surface area contributed by atoms with E-state index in [0.29, 0.717) is 12.3 Å². The first-order valence-electron chi connectivity index (χ1n) is 10.9. The number of ether oxygens (including phenoxy) is 1. The standard InChI is InChI=1S/C22H35NO3/c1-26-21(25)20(23-19(24)8-7-15-5-3-2-4-6-15)22-12-16-9-17(13-22)11-18(10-16)14-22/h15-18,20H,2-14H2,1H3,(H,23,24)/t16?,17?,18?,20-,22?/m1/s1. The number of rotatable bonds is 6. The number of hydrogen-bond acceptors (Lipinski definition) is 3. The minimum Gasteiger partial charge on any atom is -0.467 e. The quantitative estimate of drug-likeness (QED) is 0.721. The SMILES string of the molecule is COC(=O)[C@@H](NC(=O)CCC1CCCCC1)C12CC3CC(CC(C3)C1)C2. The molecule has 0 aromatic heterocycles. The summed E-state index contributed by atoms with van der Waals surface area (Å²) < 4.78 is 5.14. The fourth-order valence-electron chi connectivity index (χ4n) is 7.16. The van der Waals surface area contributed by atoms with Gasteiger partial charge in [0.2, 0.25) is 5.91 Å². The number of carbonyl (C=O) groups excluding carboxylic acids is 2. The Morgan fingerprint density at radius 1 is 1.00 bits per heavy atom. The Morgan fingerprint density at radius 2 is 1.58 bits per heavy atom. The van der Waals surface area contributed by atoms with Crippen LogP contribution in [0.4, 0.5) is 0 Å². The summed E-state index contributed by atoms with van der Waals surface area (Å²) in [5, 5.41) is 3.15. The van der Waals surface area contributed by atoms with E-state index in [1.54, 1.807) is 0 Å². The van der Waals surface area contributed by atoms with Crippen LogP contribution in [-0.4, -0.2) is 25.0 Å². The van der Waals surface area contributed by atoms with Crippen molar-refractivity contribution in [3.05, 3.63) is 0 Å². The van der Waals surface area contributed by atoms with E-state index in [2.05, 4.69) is 5.32 Å². The average molecular weight is 362 g/mol. The third kappa shape index (κ3) is 3.66. The second-order valence-corrected chi connectivity index (χ2v) is 9.85. The van der Waals surface area contributed by atoms with Gasteiger partial charge in [-0.3, -0.25) is 4.79 Å². The van der Waals surface area contributed by atoms with E-state index >= 15 is 0 Å². The Hall–Kier alpha value is -1.06. The summed E-state index contributed by atoms with van der Waals surface area (Å²) in [6, 6.07) is -0.431. The molecule has 0 heterocycles. The lowest BCUT2D eigenvalue weighted by molar-refractivity contribution is -0.157. The van der Waals surface area contributed by atoms with Crippen molar-refractivity contribution >= 4 is 11.9 Å². The number of esters is 1. The van der Waals surface area contributed by atoms with Crippen molar-refractivity contribution in [3.8, 4) is 0 Å². The molecule has 5 aliphatic carbocycles. The molecule has 4 bridgehead atoms. The predicted molar refractivity (Wildman–Crippen MR) is 100 cm³/mol. The molecule has 0 aliphatic heterocycles. The summed E-state index contributed by atoms with van der Waals surface area (Å²) in [4.78, 5) is 25.3. The van der Waals surface area contributed by atoms with Gasteiger partial charge in [0.05, 0.1) is 7.11 Å². The van der Waals surface area contributed by atoms with E-state index in [4.69, 9.17) is 4.74 Å². The summed E-state index contributed by atoms with van der Waals surface area (Å²) in [6.45, 7) is 0. The van der Waals surface area contributed by atoms with Crippen LogP contribution in [0.3, 0.4) is 0 Å². The molecule has 0 aromatic carbocycles. The molecule has 1 N–H and O–H groups in total. The third-order valence-electron chi connectivity index (χ3n) is 7.94. The molecule has 5 rings (SSSR count). The molecule has 4 nitrogen and oxygen atoms in total. The second-order valence-electron chi connectivity index (χ2n) is 9.85. The smallest absolute Gasteiger partial charge is 0.328 e. The average Bonchev–Trinajstić information content (AvgIpc) is 2.63. The van der Waals surface area contributed by atoms with Crippen LogP contribution in [0.2, 0.25) is 0 Å². The highest BCUT2D eigenvalue weighted by molar-refractivity contribution is 5.85. The van der Waals surface area contributed by atoms with Crippen LogP contribution in [-0.2, 0) is 14.3 Å². The van der Waals surface area contributed by atoms with E-state index in [0.717, 1.165) is 43.4 Å². The van der Waals surface area contributed by atoms with Gasteiger partial charge >= 0.3 is 5.97 Å². The van der Waals surface area contributed by atoms with Gasteiger partial charge in [0.1, 0.15) is 6.04 Å². The zero-order valence-electron chi connectivity index (χ0n) is 16.3. The maximum Gasteiger partial charge on any atom is 0.328 e. The van der Waals surface area contributed by atoms with Crippen LogP contribution in [0.15, 0.2) is 0 Å². The molecule has 0 saturated heterocycles. The van der Waals surface area contributed by atoms with Crippen molar-refractivity contribution in [2.45, 2.75) is 89.5 Å². The molecule has 146 valence electrons. The summed E-state index contributed by atoms with van der Waals surface area (Å²) >= 11 is 0. The summed E-state index contributed by atoms with van der Waals surface area (Å²) in [6.07, 6.45) is 15.3. The first-order chi connectivity index (χ1) is 12.6. The van der Waals surface area contributed by atoms with Crippen molar-refractivity contribution in [1.82, 2.24) is 5.32 Å². The predicted octanol–water partition coefficient (Wildman–Crippen LogP) is 4.22. The van der Waals surface area contributed by atoms with Gasteiger partial charge in [0.15, 0.2) is 0 Å². The van der Waals surface area contributed by atoms with Crippen LogP contribution in [0.5, 0.6) is 0 Å². The maximum absolute atomic E-state index is 12.7. The number of nitrogens with one attached hydrogen (secondary N) is 1. The minimum atomic E-state index is -0.431. The Morgan fingerprint density at radius 3 is 2.12 bits per heavy atom. The van der Waals surface area contributed by atoms with E-state index in [-0.39, 0.29) is 17.3 Å². The van der Waals surface area contributed by atoms with Gasteiger partial charge in [-0.25, -0.2) is 4.79 Å². The van der Waals surface area contributed by atoms with Crippen LogP contribution in [0.25, 0.3) is 0 Å². The lowest BCUT2D eigenvalue weighted by atomic mass is 9.47. The number of carbonyl (C=O) groups is 2. The zero-order chi connectivity index (χ0) is 18.1. The summed E-state index contributed by atoms with van der Waals surface area (Å²) in [5.74, 6) is 2.80. The molecule has 0 unspecified atom stereocenters. The molecule has 5 aliphatic rings. The largest absolute Gasteiger partial charge is 0.467 e. The second kappa shape index (κ2) is 7.52. The van der Waals surface area contributed by atoms with E-state index in [1.807, 2.05) is 0 Å². The zero-order valence-corrected chi connectivity index (χ0v) is 16.3. The van der Waals surface area contributed by atoms with Crippen molar-refractivity contribution in [2.75, 3.05) is 7.11 Å². The highest BCUT2D eigenvalue weighted by Crippen LogP contribution is 2.61. The number of hydrogen-bond donors (Lipinski definition) is 1. The Balaban J connectivity index is 1.40. The Kier molecular flexibility index (Phi) is 5.29. The molecule has 26 heavy (non-hydrogen) atoms. The van der Waals surface area contributed by atoms with Crippen molar-refractivity contribution in [2.24, 2.45) is 29.1 Å². The van der Waals surface area contributed by atoms with Gasteiger partial charge in [-0.2, -0.15) is 0 Å². The molecule has 1 amide bonds. The Bertz CT molecular complexity index is 502. The van der Waals surface area contributed by atoms with Gasteiger partial charge in [-0.05, 0) is 68.6 Å². The fourth-order valence-corrected chi connectivity index (χ4v) is 7.16. The molecular formula is C22H35NO3. The molecule has 4 heteroatoms. The van der Waals surface area contributed by atoms with Gasteiger partial charge in [0, 0.05) is 11.8 Å². The highest BCUT2D eigenvalue weighted by Gasteiger charge is 2.56. The maximum atomic E-state index is 12.7. The molecule has 1 atom stereocenters. The molecule has 5 saturated carbocycles. The number of methoxy groups -OCH3 is 1. The normalized spacial score (nSPS) is 37.3. The third-order valence-corrected chi connectivity index (χ3v) is 7.94. The fraction of sp³-hybridized carbons (Fsp3) is 0.909. The summed E-state index contributed by atoms with van der Waals surface area (Å²) in [5.41, 5.74) is -0.0393. The molecule has 5 fully saturated rings. The van der Waals surface area contributed by atoms with Crippen LogP contribution in [0, 0.1) is 29.1 Å². The van der Waals surface area contributed by atoms with Gasteiger partial charge in [-0.15, -0.1) is 0 Å². The lowest BCUT2D eigenvalue weighted by Gasteiger charge is -2.58. The van der Waals surface area contributed by atoms with Crippen molar-refractivity contribution < 1.29 is 14.3 Å². The van der Waals surface area contributed by atoms with Gasteiger partial charge in [0.25, 0.3) is 0 Å². The van der Waals surface area contributed by atoms with E-state index in [9.17, 15) is 9.59 Å².